The van der Waals surface area contributed by atoms with Crippen molar-refractivity contribution in [2.75, 3.05) is 0 Å². The summed E-state index contributed by atoms with van der Waals surface area (Å²) in [5, 5.41) is 0. The van der Waals surface area contributed by atoms with Gasteiger partial charge in [0.1, 0.15) is 6.04 Å². The fourth-order valence-electron chi connectivity index (χ4n) is 0.718. The third kappa shape index (κ3) is 2.09. The zero-order chi connectivity index (χ0) is 9.14. The summed E-state index contributed by atoms with van der Waals surface area (Å²) in [6, 6.07) is 1.73. The summed E-state index contributed by atoms with van der Waals surface area (Å²) in [6.07, 6.45) is 5.26. The molecule has 1 unspecified atom stereocenters. The summed E-state index contributed by atoms with van der Waals surface area (Å²) < 4.78 is 2.02. The Morgan fingerprint density at radius 2 is 2.33 bits per heavy atom. The molecule has 0 spiro atoms. The monoisotopic (exact) mass is 308 g/mol. The average molecular weight is 310 g/mol. The van der Waals surface area contributed by atoms with Crippen LogP contribution < -0.4 is 11.3 Å². The fourth-order valence-corrected chi connectivity index (χ4v) is 2.83. The Balaban J connectivity index is 2.96. The van der Waals surface area contributed by atoms with E-state index >= 15 is 0 Å². The van der Waals surface area contributed by atoms with Gasteiger partial charge in [-0.15, -0.1) is 17.8 Å². The van der Waals surface area contributed by atoms with Crippen LogP contribution >= 0.6 is 43.2 Å². The van der Waals surface area contributed by atoms with Crippen LogP contribution in [0.1, 0.15) is 10.9 Å². The molecule has 5 heteroatoms. The number of hydrazine groups is 1. The van der Waals surface area contributed by atoms with Gasteiger partial charge in [0, 0.05) is 9.35 Å². The van der Waals surface area contributed by atoms with E-state index in [1.165, 1.54) is 0 Å². The minimum Gasteiger partial charge on any atom is -0.270 e. The van der Waals surface area contributed by atoms with Gasteiger partial charge in [-0.3, -0.25) is 5.84 Å². The van der Waals surface area contributed by atoms with Gasteiger partial charge in [0.25, 0.3) is 0 Å². The Morgan fingerprint density at radius 1 is 1.67 bits per heavy atom. The molecule has 2 nitrogen and oxygen atoms in total. The first-order valence-electron chi connectivity index (χ1n) is 3.06. The van der Waals surface area contributed by atoms with Crippen molar-refractivity contribution in [1.82, 2.24) is 5.43 Å². The minimum atomic E-state index is -0.211. The molecule has 0 aliphatic heterocycles. The molecule has 0 saturated heterocycles. The third-order valence-electron chi connectivity index (χ3n) is 1.28. The predicted octanol–water partition coefficient (Wildman–Crippen LogP) is 2.41. The second kappa shape index (κ2) is 4.40. The Labute approximate surface area is 91.8 Å². The number of hydrogen-bond acceptors (Lipinski definition) is 3. The van der Waals surface area contributed by atoms with Crippen LogP contribution in [0.15, 0.2) is 14.3 Å². The highest BCUT2D eigenvalue weighted by atomic mass is 79.9. The minimum absolute atomic E-state index is 0.211. The summed E-state index contributed by atoms with van der Waals surface area (Å²) in [4.78, 5) is 1.01. The molecule has 64 valence electrons. The molecule has 1 aromatic heterocycles. The smallest absolute Gasteiger partial charge is 0.116 e. The molecule has 3 N–H and O–H groups in total. The van der Waals surface area contributed by atoms with E-state index in [2.05, 4.69) is 43.2 Å². The van der Waals surface area contributed by atoms with Crippen LogP contribution in [0.2, 0.25) is 0 Å². The molecule has 0 saturated carbocycles. The van der Waals surface area contributed by atoms with Gasteiger partial charge < -0.3 is 0 Å². The summed E-state index contributed by atoms with van der Waals surface area (Å²) in [7, 11) is 0. The molecule has 0 amide bonds. The number of terminal acetylenes is 1. The van der Waals surface area contributed by atoms with Gasteiger partial charge in [-0.25, -0.2) is 5.43 Å². The second-order valence-electron chi connectivity index (χ2n) is 2.04. The van der Waals surface area contributed by atoms with Crippen molar-refractivity contribution < 1.29 is 0 Å². The van der Waals surface area contributed by atoms with Crippen LogP contribution in [-0.2, 0) is 0 Å². The first-order valence-corrected chi connectivity index (χ1v) is 5.46. The predicted molar refractivity (Wildman–Crippen MR) is 58.6 cm³/mol. The van der Waals surface area contributed by atoms with E-state index in [1.54, 1.807) is 11.3 Å². The van der Waals surface area contributed by atoms with Crippen LogP contribution in [0.4, 0.5) is 0 Å². The van der Waals surface area contributed by atoms with E-state index in [0.29, 0.717) is 0 Å². The highest BCUT2D eigenvalue weighted by Crippen LogP contribution is 2.34. The number of thiophene rings is 1. The van der Waals surface area contributed by atoms with Gasteiger partial charge in [0.15, 0.2) is 0 Å². The van der Waals surface area contributed by atoms with Crippen molar-refractivity contribution in [3.05, 3.63) is 19.2 Å². The van der Waals surface area contributed by atoms with Gasteiger partial charge in [-0.05, 0) is 37.9 Å². The maximum atomic E-state index is 5.26. The van der Waals surface area contributed by atoms with Crippen LogP contribution in [-0.4, -0.2) is 0 Å². The lowest BCUT2D eigenvalue weighted by Crippen LogP contribution is -2.25. The summed E-state index contributed by atoms with van der Waals surface area (Å²) in [6.45, 7) is 0. The van der Waals surface area contributed by atoms with Crippen molar-refractivity contribution in [3.8, 4) is 12.3 Å². The average Bonchev–Trinajstić information content (AvgIpc) is 2.35. The lowest BCUT2D eigenvalue weighted by Gasteiger charge is -2.04. The van der Waals surface area contributed by atoms with Crippen molar-refractivity contribution in [1.29, 1.82) is 0 Å². The quantitative estimate of drug-likeness (QED) is 0.500. The van der Waals surface area contributed by atoms with Gasteiger partial charge >= 0.3 is 0 Å². The number of hydrogen-bond donors (Lipinski definition) is 2. The number of rotatable bonds is 2. The normalized spacial score (nSPS) is 12.5. The van der Waals surface area contributed by atoms with Gasteiger partial charge in [-0.1, -0.05) is 5.92 Å². The standard InChI is InChI=1S/C7H6Br2N2S/c1-2-5(11-10)6-3-4(8)7(9)12-6/h1,3,5,11H,10H2. The van der Waals surface area contributed by atoms with Crippen LogP contribution in [0, 0.1) is 12.3 Å². The van der Waals surface area contributed by atoms with E-state index in [0.717, 1.165) is 13.1 Å². The van der Waals surface area contributed by atoms with Gasteiger partial charge in [-0.2, -0.15) is 0 Å². The maximum absolute atomic E-state index is 5.26. The molecule has 0 bridgehead atoms. The zero-order valence-electron chi connectivity index (χ0n) is 5.97. The Hall–Kier alpha value is 0.140. The van der Waals surface area contributed by atoms with Crippen molar-refractivity contribution in [2.45, 2.75) is 6.04 Å². The summed E-state index contributed by atoms with van der Waals surface area (Å²) in [5.74, 6) is 7.80. The van der Waals surface area contributed by atoms with Crippen molar-refractivity contribution in [2.24, 2.45) is 5.84 Å². The van der Waals surface area contributed by atoms with E-state index in [9.17, 15) is 0 Å². The molecule has 0 aliphatic carbocycles. The molecular weight excluding hydrogens is 304 g/mol. The first kappa shape index (κ1) is 10.2. The molecule has 1 rings (SSSR count). The highest BCUT2D eigenvalue weighted by Gasteiger charge is 2.11. The van der Waals surface area contributed by atoms with Gasteiger partial charge in [0.2, 0.25) is 0 Å². The first-order chi connectivity index (χ1) is 5.69. The second-order valence-corrected chi connectivity index (χ2v) is 5.29. The summed E-state index contributed by atoms with van der Waals surface area (Å²) >= 11 is 8.30. The molecule has 1 atom stereocenters. The number of nitrogens with two attached hydrogens (primary N) is 1. The lowest BCUT2D eigenvalue weighted by molar-refractivity contribution is 0.683. The third-order valence-corrected chi connectivity index (χ3v) is 4.60. The van der Waals surface area contributed by atoms with E-state index < -0.39 is 0 Å². The van der Waals surface area contributed by atoms with E-state index in [-0.39, 0.29) is 6.04 Å². The molecule has 1 heterocycles. The summed E-state index contributed by atoms with van der Waals surface area (Å²) in [5.41, 5.74) is 2.54. The van der Waals surface area contributed by atoms with Crippen LogP contribution in [0.25, 0.3) is 0 Å². The van der Waals surface area contributed by atoms with Crippen LogP contribution in [0.5, 0.6) is 0 Å². The zero-order valence-corrected chi connectivity index (χ0v) is 9.96. The molecular formula is C7H6Br2N2S. The maximum Gasteiger partial charge on any atom is 0.116 e. The lowest BCUT2D eigenvalue weighted by atomic mass is 10.3. The molecule has 1 aromatic rings. The number of nitrogens with one attached hydrogen (secondary N) is 1. The molecule has 0 aliphatic rings. The van der Waals surface area contributed by atoms with Gasteiger partial charge in [0.05, 0.1) is 3.79 Å². The Morgan fingerprint density at radius 3 is 2.67 bits per heavy atom. The van der Waals surface area contributed by atoms with Crippen molar-refractivity contribution in [3.63, 3.8) is 0 Å². The topological polar surface area (TPSA) is 38.0 Å². The molecule has 0 fully saturated rings. The van der Waals surface area contributed by atoms with E-state index in [1.807, 2.05) is 6.07 Å². The Kier molecular flexibility index (Phi) is 3.75. The molecule has 12 heavy (non-hydrogen) atoms. The fraction of sp³-hybridized carbons (Fsp3) is 0.143. The molecule has 0 radical (unpaired) electrons. The SMILES string of the molecule is C#CC(NN)c1cc(Br)c(Br)s1. The highest BCUT2D eigenvalue weighted by molar-refractivity contribution is 9.13. The van der Waals surface area contributed by atoms with Crippen LogP contribution in [0.3, 0.4) is 0 Å². The van der Waals surface area contributed by atoms with Crippen molar-refractivity contribution >= 4 is 43.2 Å². The Bertz CT molecular complexity index is 296. The van der Waals surface area contributed by atoms with E-state index in [4.69, 9.17) is 12.3 Å². The number of halogens is 2. The largest absolute Gasteiger partial charge is 0.270 e. The molecule has 0 aromatic carbocycles.